The van der Waals surface area contributed by atoms with Crippen molar-refractivity contribution in [1.82, 2.24) is 9.21 Å². The molecule has 162 valence electrons. The summed E-state index contributed by atoms with van der Waals surface area (Å²) in [5, 5.41) is -0.0757. The predicted molar refractivity (Wildman–Crippen MR) is 99.2 cm³/mol. The Balaban J connectivity index is 1.75. The first kappa shape index (κ1) is 22.3. The highest BCUT2D eigenvalue weighted by molar-refractivity contribution is 7.89. The van der Waals surface area contributed by atoms with Gasteiger partial charge < -0.3 is 9.64 Å². The summed E-state index contributed by atoms with van der Waals surface area (Å²) in [6.45, 7) is -0.331. The highest BCUT2D eigenvalue weighted by atomic mass is 35.5. The smallest absolute Gasteiger partial charge is 0.404 e. The maximum atomic E-state index is 13.2. The summed E-state index contributed by atoms with van der Waals surface area (Å²) in [4.78, 5) is 13.3. The van der Waals surface area contributed by atoms with Crippen LogP contribution in [0.25, 0.3) is 0 Å². The molecule has 0 spiro atoms. The number of benzene rings is 2. The molecule has 1 saturated heterocycles. The van der Waals surface area contributed by atoms with E-state index < -0.39 is 38.8 Å². The van der Waals surface area contributed by atoms with Gasteiger partial charge in [-0.15, -0.1) is 13.2 Å². The molecule has 0 unspecified atom stereocenters. The van der Waals surface area contributed by atoms with Gasteiger partial charge in [0.2, 0.25) is 10.0 Å². The average molecular weight is 467 g/mol. The number of amides is 1. The molecule has 1 heterocycles. The van der Waals surface area contributed by atoms with Gasteiger partial charge in [0.25, 0.3) is 5.91 Å². The Bertz CT molecular complexity index is 1050. The number of ether oxygens (including phenoxy) is 1. The molecule has 30 heavy (non-hydrogen) atoms. The second-order valence-electron chi connectivity index (χ2n) is 6.31. The number of nitrogens with zero attached hydrogens (tertiary/aromatic N) is 2. The van der Waals surface area contributed by atoms with Crippen molar-refractivity contribution in [2.45, 2.75) is 11.3 Å². The second-order valence-corrected chi connectivity index (χ2v) is 8.63. The molecule has 2 aromatic carbocycles. The average Bonchev–Trinajstić information content (AvgIpc) is 2.67. The molecule has 0 radical (unpaired) electrons. The van der Waals surface area contributed by atoms with Crippen molar-refractivity contribution in [1.29, 1.82) is 0 Å². The molecule has 12 heteroatoms. The molecule has 6 nitrogen and oxygen atoms in total. The highest BCUT2D eigenvalue weighted by Crippen LogP contribution is 2.31. The van der Waals surface area contributed by atoms with Gasteiger partial charge in [-0.3, -0.25) is 4.79 Å². The lowest BCUT2D eigenvalue weighted by Gasteiger charge is -2.34. The van der Waals surface area contributed by atoms with E-state index in [2.05, 4.69) is 4.74 Å². The van der Waals surface area contributed by atoms with Gasteiger partial charge in [-0.2, -0.15) is 4.31 Å². The number of para-hydroxylation sites is 1. The van der Waals surface area contributed by atoms with E-state index in [1.165, 1.54) is 23.1 Å². The third kappa shape index (κ3) is 4.85. The third-order valence-corrected chi connectivity index (χ3v) is 6.63. The van der Waals surface area contributed by atoms with Crippen LogP contribution in [0.2, 0.25) is 5.02 Å². The van der Waals surface area contributed by atoms with Crippen molar-refractivity contribution < 1.29 is 35.5 Å². The summed E-state index contributed by atoms with van der Waals surface area (Å²) < 4.78 is 81.5. The van der Waals surface area contributed by atoms with E-state index in [4.69, 9.17) is 11.6 Å². The molecule has 0 saturated carbocycles. The first-order valence-electron chi connectivity index (χ1n) is 8.58. The lowest BCUT2D eigenvalue weighted by atomic mass is 10.2. The molecule has 2 aromatic rings. The molecule has 1 aliphatic heterocycles. The zero-order chi connectivity index (χ0) is 22.1. The molecular weight excluding hydrogens is 452 g/mol. The number of piperazine rings is 1. The van der Waals surface area contributed by atoms with Gasteiger partial charge >= 0.3 is 6.36 Å². The van der Waals surface area contributed by atoms with Gasteiger partial charge in [0.1, 0.15) is 16.5 Å². The Labute approximate surface area is 174 Å². The summed E-state index contributed by atoms with van der Waals surface area (Å²) in [5.74, 6) is -1.94. The van der Waals surface area contributed by atoms with E-state index in [1.54, 1.807) is 0 Å². The summed E-state index contributed by atoms with van der Waals surface area (Å²) in [7, 11) is -4.30. The van der Waals surface area contributed by atoms with Crippen LogP contribution in [-0.2, 0) is 10.0 Å². The number of halogens is 5. The van der Waals surface area contributed by atoms with Gasteiger partial charge in [0.15, 0.2) is 0 Å². The normalized spacial score (nSPS) is 15.8. The minimum atomic E-state index is -5.05. The second kappa shape index (κ2) is 8.40. The van der Waals surface area contributed by atoms with Crippen molar-refractivity contribution in [3.8, 4) is 5.75 Å². The number of sulfonamides is 1. The van der Waals surface area contributed by atoms with Crippen molar-refractivity contribution in [2.24, 2.45) is 0 Å². The van der Waals surface area contributed by atoms with Crippen molar-refractivity contribution in [2.75, 3.05) is 26.2 Å². The third-order valence-electron chi connectivity index (χ3n) is 4.38. The van der Waals surface area contributed by atoms with Crippen LogP contribution in [0.1, 0.15) is 10.4 Å². The number of carbonyl (C=O) groups is 1. The van der Waals surface area contributed by atoms with Crippen LogP contribution < -0.4 is 4.74 Å². The summed E-state index contributed by atoms with van der Waals surface area (Å²) in [6, 6.07) is 7.75. The number of hydrogen-bond acceptors (Lipinski definition) is 4. The minimum Gasteiger partial charge on any atom is -0.404 e. The van der Waals surface area contributed by atoms with E-state index in [0.717, 1.165) is 28.6 Å². The Morgan fingerprint density at radius 2 is 1.67 bits per heavy atom. The minimum absolute atomic E-state index is 0.0198. The molecule has 0 aromatic heterocycles. The molecule has 0 atom stereocenters. The van der Waals surface area contributed by atoms with Crippen molar-refractivity contribution in [3.63, 3.8) is 0 Å². The highest BCUT2D eigenvalue weighted by Gasteiger charge is 2.37. The van der Waals surface area contributed by atoms with Crippen LogP contribution in [0.5, 0.6) is 5.75 Å². The maximum absolute atomic E-state index is 13.2. The lowest BCUT2D eigenvalue weighted by molar-refractivity contribution is -0.275. The Morgan fingerprint density at radius 3 is 2.27 bits per heavy atom. The number of rotatable bonds is 4. The first-order valence-corrected chi connectivity index (χ1v) is 10.4. The zero-order valence-corrected chi connectivity index (χ0v) is 16.8. The largest absolute Gasteiger partial charge is 0.573 e. The molecule has 0 N–H and O–H groups in total. The van der Waals surface area contributed by atoms with E-state index in [1.807, 2.05) is 0 Å². The molecule has 3 rings (SSSR count). The van der Waals surface area contributed by atoms with Gasteiger partial charge in [0, 0.05) is 26.2 Å². The Hall–Kier alpha value is -2.37. The molecule has 0 aliphatic carbocycles. The fourth-order valence-electron chi connectivity index (χ4n) is 2.98. The van der Waals surface area contributed by atoms with Crippen LogP contribution in [-0.4, -0.2) is 56.1 Å². The standard InChI is InChI=1S/C18H15ClF4N2O4S/c19-14-11-12(20)5-6-13(14)17(26)24-7-9-25(10-8-24)30(27,28)16-4-2-1-3-15(16)29-18(21,22)23/h1-6,11H,7-10H2. The quantitative estimate of drug-likeness (QED) is 0.647. The first-order chi connectivity index (χ1) is 14.0. The summed E-state index contributed by atoms with van der Waals surface area (Å²) in [6.07, 6.45) is -5.05. The van der Waals surface area contributed by atoms with Crippen molar-refractivity contribution >= 4 is 27.5 Å². The lowest BCUT2D eigenvalue weighted by Crippen LogP contribution is -2.50. The number of alkyl halides is 3. The van der Waals surface area contributed by atoms with Gasteiger partial charge in [-0.05, 0) is 30.3 Å². The van der Waals surface area contributed by atoms with E-state index in [9.17, 15) is 30.8 Å². The molecule has 0 bridgehead atoms. The number of carbonyl (C=O) groups excluding carboxylic acids is 1. The van der Waals surface area contributed by atoms with Crippen LogP contribution in [0.15, 0.2) is 47.4 Å². The van der Waals surface area contributed by atoms with Crippen LogP contribution in [0, 0.1) is 5.82 Å². The Morgan fingerprint density at radius 1 is 1.03 bits per heavy atom. The zero-order valence-electron chi connectivity index (χ0n) is 15.2. The van der Waals surface area contributed by atoms with E-state index >= 15 is 0 Å². The fraction of sp³-hybridized carbons (Fsp3) is 0.278. The van der Waals surface area contributed by atoms with E-state index in [-0.39, 0.29) is 36.8 Å². The van der Waals surface area contributed by atoms with E-state index in [0.29, 0.717) is 0 Å². The van der Waals surface area contributed by atoms with Gasteiger partial charge in [0.05, 0.1) is 10.6 Å². The number of hydrogen-bond donors (Lipinski definition) is 0. The van der Waals surface area contributed by atoms with Gasteiger partial charge in [-0.1, -0.05) is 23.7 Å². The molecule has 1 amide bonds. The van der Waals surface area contributed by atoms with Gasteiger partial charge in [-0.25, -0.2) is 12.8 Å². The molecular formula is C18H15ClF4N2O4S. The topological polar surface area (TPSA) is 66.9 Å². The Kier molecular flexibility index (Phi) is 6.25. The predicted octanol–water partition coefficient (Wildman–Crippen LogP) is 3.52. The monoisotopic (exact) mass is 466 g/mol. The maximum Gasteiger partial charge on any atom is 0.573 e. The SMILES string of the molecule is O=C(c1ccc(F)cc1Cl)N1CCN(S(=O)(=O)c2ccccc2OC(F)(F)F)CC1. The molecule has 1 aliphatic rings. The summed E-state index contributed by atoms with van der Waals surface area (Å²) in [5.41, 5.74) is 0.0679. The summed E-state index contributed by atoms with van der Waals surface area (Å²) >= 11 is 5.90. The van der Waals surface area contributed by atoms with Crippen molar-refractivity contribution in [3.05, 3.63) is 58.9 Å². The van der Waals surface area contributed by atoms with Crippen LogP contribution >= 0.6 is 11.6 Å². The van der Waals surface area contributed by atoms with Crippen LogP contribution in [0.4, 0.5) is 17.6 Å². The van der Waals surface area contributed by atoms with Crippen LogP contribution in [0.3, 0.4) is 0 Å². The molecule has 1 fully saturated rings. The fourth-order valence-corrected chi connectivity index (χ4v) is 4.76.